The molecular weight excluding hydrogens is 282 g/mol. The second-order valence-corrected chi connectivity index (χ2v) is 5.49. The van der Waals surface area contributed by atoms with Crippen LogP contribution in [-0.2, 0) is 11.2 Å². The van der Waals surface area contributed by atoms with Crippen LogP contribution in [0.25, 0.3) is 11.6 Å². The van der Waals surface area contributed by atoms with E-state index in [2.05, 4.69) is 15.2 Å². The molecule has 1 saturated carbocycles. The Hall–Kier alpha value is -2.70. The Labute approximate surface area is 126 Å². The van der Waals surface area contributed by atoms with E-state index in [-0.39, 0.29) is 5.69 Å². The molecule has 7 heteroatoms. The van der Waals surface area contributed by atoms with E-state index in [1.807, 2.05) is 24.4 Å². The van der Waals surface area contributed by atoms with Crippen molar-refractivity contribution >= 4 is 11.6 Å². The highest BCUT2D eigenvalue weighted by molar-refractivity contribution is 5.87. The minimum absolute atomic E-state index is 0.289. The molecule has 0 spiro atoms. The van der Waals surface area contributed by atoms with Gasteiger partial charge in [0.05, 0.1) is 7.11 Å². The predicted octanol–water partition coefficient (Wildman–Crippen LogP) is 1.65. The van der Waals surface area contributed by atoms with Crippen LogP contribution in [0.4, 0.5) is 0 Å². The van der Waals surface area contributed by atoms with Crippen LogP contribution in [0, 0.1) is 5.92 Å². The summed E-state index contributed by atoms with van der Waals surface area (Å²) in [6.07, 6.45) is 5.14. The van der Waals surface area contributed by atoms with Gasteiger partial charge in [0.2, 0.25) is 0 Å². The molecule has 1 aliphatic carbocycles. The summed E-state index contributed by atoms with van der Waals surface area (Å²) in [5.74, 6) is 0.689. The van der Waals surface area contributed by atoms with Crippen molar-refractivity contribution in [3.8, 4) is 5.95 Å². The van der Waals surface area contributed by atoms with Crippen LogP contribution in [0.2, 0.25) is 0 Å². The predicted molar refractivity (Wildman–Crippen MR) is 77.9 cm³/mol. The number of rotatable bonds is 4. The number of esters is 1. The Kier molecular flexibility index (Phi) is 2.92. The largest absolute Gasteiger partial charge is 0.464 e. The van der Waals surface area contributed by atoms with Gasteiger partial charge in [-0.3, -0.25) is 0 Å². The van der Waals surface area contributed by atoms with E-state index in [1.54, 1.807) is 15.3 Å². The summed E-state index contributed by atoms with van der Waals surface area (Å²) >= 11 is 0. The lowest BCUT2D eigenvalue weighted by atomic mass is 10.2. The average molecular weight is 297 g/mol. The fourth-order valence-electron chi connectivity index (χ4n) is 2.47. The van der Waals surface area contributed by atoms with Crippen LogP contribution >= 0.6 is 0 Å². The molecule has 1 fully saturated rings. The molecule has 3 aromatic heterocycles. The maximum atomic E-state index is 11.7. The van der Waals surface area contributed by atoms with Gasteiger partial charge in [-0.1, -0.05) is 6.07 Å². The number of carbonyl (C=O) groups excluding carboxylic acids is 1. The summed E-state index contributed by atoms with van der Waals surface area (Å²) in [5.41, 5.74) is 1.97. The highest BCUT2D eigenvalue weighted by Gasteiger charge is 2.26. The Morgan fingerprint density at radius 1 is 1.36 bits per heavy atom. The molecule has 1 aliphatic rings. The van der Waals surface area contributed by atoms with Crippen molar-refractivity contribution in [2.45, 2.75) is 19.3 Å². The van der Waals surface area contributed by atoms with Crippen LogP contribution in [0.5, 0.6) is 0 Å². The molecule has 0 aliphatic heterocycles. The van der Waals surface area contributed by atoms with Gasteiger partial charge in [0.15, 0.2) is 11.3 Å². The van der Waals surface area contributed by atoms with Crippen molar-refractivity contribution in [2.75, 3.05) is 7.11 Å². The summed E-state index contributed by atoms with van der Waals surface area (Å²) in [6.45, 7) is 0. The number of carbonyl (C=O) groups is 1. The number of ether oxygens (including phenoxy) is 1. The van der Waals surface area contributed by atoms with Crippen molar-refractivity contribution in [1.29, 1.82) is 0 Å². The molecular formula is C15H15N5O2. The smallest absolute Gasteiger partial charge is 0.358 e. The van der Waals surface area contributed by atoms with Gasteiger partial charge in [-0.2, -0.15) is 10.1 Å². The number of pyridine rings is 1. The minimum atomic E-state index is -0.445. The average Bonchev–Trinajstić information content (AvgIpc) is 3.10. The second kappa shape index (κ2) is 4.94. The number of nitrogens with zero attached hydrogens (tertiary/aromatic N) is 5. The number of fused-ring (bicyclic) bond motifs is 1. The first kappa shape index (κ1) is 13.0. The first-order chi connectivity index (χ1) is 10.7. The van der Waals surface area contributed by atoms with Crippen LogP contribution in [-0.4, -0.2) is 37.5 Å². The maximum absolute atomic E-state index is 11.7. The van der Waals surface area contributed by atoms with Crippen molar-refractivity contribution in [3.05, 3.63) is 41.9 Å². The van der Waals surface area contributed by atoms with Crippen LogP contribution in [0.15, 0.2) is 30.5 Å². The van der Waals surface area contributed by atoms with Crippen molar-refractivity contribution in [3.63, 3.8) is 0 Å². The number of hydrogen-bond donors (Lipinski definition) is 0. The molecule has 112 valence electrons. The van der Waals surface area contributed by atoms with E-state index in [1.165, 1.54) is 20.0 Å². The summed E-state index contributed by atoms with van der Waals surface area (Å²) in [7, 11) is 1.35. The van der Waals surface area contributed by atoms with E-state index in [0.717, 1.165) is 17.8 Å². The number of hydrogen-bond acceptors (Lipinski definition) is 5. The van der Waals surface area contributed by atoms with Crippen LogP contribution < -0.4 is 0 Å². The van der Waals surface area contributed by atoms with Gasteiger partial charge in [-0.25, -0.2) is 14.0 Å². The summed E-state index contributed by atoms with van der Waals surface area (Å²) < 4.78 is 8.10. The quantitative estimate of drug-likeness (QED) is 0.685. The van der Waals surface area contributed by atoms with Crippen molar-refractivity contribution < 1.29 is 9.53 Å². The topological polar surface area (TPSA) is 74.3 Å². The molecule has 0 radical (unpaired) electrons. The Morgan fingerprint density at radius 2 is 2.23 bits per heavy atom. The summed E-state index contributed by atoms with van der Waals surface area (Å²) in [4.78, 5) is 16.2. The SMILES string of the molecule is COC(=O)c1cc(CC2CC2)n(-c2nc3ccccn3n2)n1. The molecule has 22 heavy (non-hydrogen) atoms. The number of methoxy groups -OCH3 is 1. The molecule has 0 aromatic carbocycles. The fraction of sp³-hybridized carbons (Fsp3) is 0.333. The number of aromatic nitrogens is 5. The normalized spacial score (nSPS) is 14.4. The molecule has 0 saturated heterocycles. The lowest BCUT2D eigenvalue weighted by molar-refractivity contribution is 0.0593. The first-order valence-electron chi connectivity index (χ1n) is 7.23. The van der Waals surface area contributed by atoms with Gasteiger partial charge < -0.3 is 4.74 Å². The Bertz CT molecular complexity index is 814. The fourth-order valence-corrected chi connectivity index (χ4v) is 2.47. The van der Waals surface area contributed by atoms with Gasteiger partial charge in [0.1, 0.15) is 0 Å². The van der Waals surface area contributed by atoms with E-state index < -0.39 is 5.97 Å². The van der Waals surface area contributed by atoms with Gasteiger partial charge in [0.25, 0.3) is 5.95 Å². The third-order valence-corrected chi connectivity index (χ3v) is 3.79. The molecule has 3 heterocycles. The van der Waals surface area contributed by atoms with Gasteiger partial charge in [0, 0.05) is 11.9 Å². The zero-order valence-electron chi connectivity index (χ0n) is 12.1. The van der Waals surface area contributed by atoms with Gasteiger partial charge >= 0.3 is 5.97 Å². The zero-order chi connectivity index (χ0) is 15.1. The molecule has 0 atom stereocenters. The van der Waals surface area contributed by atoms with Gasteiger partial charge in [-0.05, 0) is 43.4 Å². The monoisotopic (exact) mass is 297 g/mol. The molecule has 0 amide bonds. The molecule has 4 rings (SSSR count). The summed E-state index contributed by atoms with van der Waals surface area (Å²) in [5, 5.41) is 8.75. The molecule has 0 unspecified atom stereocenters. The van der Waals surface area contributed by atoms with Crippen LogP contribution in [0.1, 0.15) is 29.0 Å². The van der Waals surface area contributed by atoms with Crippen molar-refractivity contribution in [2.24, 2.45) is 5.92 Å². The van der Waals surface area contributed by atoms with Gasteiger partial charge in [-0.15, -0.1) is 5.10 Å². The summed E-state index contributed by atoms with van der Waals surface area (Å²) in [6, 6.07) is 7.44. The third kappa shape index (κ3) is 2.24. The van der Waals surface area contributed by atoms with E-state index in [4.69, 9.17) is 4.74 Å². The van der Waals surface area contributed by atoms with E-state index in [9.17, 15) is 4.79 Å². The van der Waals surface area contributed by atoms with E-state index in [0.29, 0.717) is 11.9 Å². The molecule has 3 aromatic rings. The molecule has 0 bridgehead atoms. The molecule has 7 nitrogen and oxygen atoms in total. The highest BCUT2D eigenvalue weighted by Crippen LogP contribution is 2.33. The Morgan fingerprint density at radius 3 is 2.95 bits per heavy atom. The van der Waals surface area contributed by atoms with E-state index >= 15 is 0 Å². The van der Waals surface area contributed by atoms with Crippen molar-refractivity contribution in [1.82, 2.24) is 24.4 Å². The standard InChI is InChI=1S/C15H15N5O2/c1-22-14(21)12-9-11(8-10-5-6-10)20(17-12)15-16-13-4-2-3-7-19(13)18-15/h2-4,7,9-10H,5-6,8H2,1H3. The zero-order valence-corrected chi connectivity index (χ0v) is 12.1. The van der Waals surface area contributed by atoms with Crippen LogP contribution in [0.3, 0.4) is 0 Å². The lowest BCUT2D eigenvalue weighted by Gasteiger charge is -2.01. The lowest BCUT2D eigenvalue weighted by Crippen LogP contribution is -2.07. The Balaban J connectivity index is 1.80. The molecule has 0 N–H and O–H groups in total. The third-order valence-electron chi connectivity index (χ3n) is 3.79. The minimum Gasteiger partial charge on any atom is -0.464 e. The highest BCUT2D eigenvalue weighted by atomic mass is 16.5. The maximum Gasteiger partial charge on any atom is 0.358 e. The first-order valence-corrected chi connectivity index (χ1v) is 7.23. The second-order valence-electron chi connectivity index (χ2n) is 5.49.